The summed E-state index contributed by atoms with van der Waals surface area (Å²) < 4.78 is 1.79. The van der Waals surface area contributed by atoms with Crippen LogP contribution in [0.15, 0.2) is 35.1 Å². The summed E-state index contributed by atoms with van der Waals surface area (Å²) in [7, 11) is 0. The molecule has 0 saturated heterocycles. The number of amides is 1. The molecule has 1 aromatic rings. The molecule has 1 unspecified atom stereocenters. The first kappa shape index (κ1) is 15.6. The molecule has 0 N–H and O–H groups in total. The third-order valence-corrected chi connectivity index (χ3v) is 3.85. The van der Waals surface area contributed by atoms with E-state index in [2.05, 4.69) is 37.7 Å². The lowest BCUT2D eigenvalue weighted by molar-refractivity contribution is -0.709. The van der Waals surface area contributed by atoms with Crippen LogP contribution in [0.3, 0.4) is 0 Å². The van der Waals surface area contributed by atoms with Crippen molar-refractivity contribution >= 4 is 12.4 Å². The number of allylic oxidation sites excluding steroid dienone is 2. The normalized spacial score (nSPS) is 21.6. The van der Waals surface area contributed by atoms with Gasteiger partial charge >= 0.3 is 6.03 Å². The molecular formula is C16H25N4O+. The summed E-state index contributed by atoms with van der Waals surface area (Å²) in [6.45, 7) is 9.26. The van der Waals surface area contributed by atoms with Gasteiger partial charge in [-0.25, -0.2) is 19.3 Å². The molecule has 0 fully saturated rings. The number of rotatable bonds is 5. The first-order valence-corrected chi connectivity index (χ1v) is 7.76. The van der Waals surface area contributed by atoms with Gasteiger partial charge in [-0.05, 0) is 12.8 Å². The highest BCUT2D eigenvalue weighted by atomic mass is 16.2. The lowest BCUT2D eigenvalue weighted by atomic mass is 10.0. The molecule has 1 atom stereocenters. The van der Waals surface area contributed by atoms with Gasteiger partial charge in [0.25, 0.3) is 0 Å². The van der Waals surface area contributed by atoms with Gasteiger partial charge in [0.2, 0.25) is 6.34 Å². The van der Waals surface area contributed by atoms with Crippen molar-refractivity contribution in [1.29, 1.82) is 0 Å². The Morgan fingerprint density at radius 3 is 2.62 bits per heavy atom. The SMILES string of the molecule is CCCC1=C(C(C)C)N=C[N+]1(CCC)C(=O)n1ccnc1. The summed E-state index contributed by atoms with van der Waals surface area (Å²) in [5, 5.41) is 0. The summed E-state index contributed by atoms with van der Waals surface area (Å²) in [6, 6.07) is 0.0113. The monoisotopic (exact) mass is 289 g/mol. The minimum atomic E-state index is 0.0113. The van der Waals surface area contributed by atoms with Crippen LogP contribution in [0.5, 0.6) is 0 Å². The summed E-state index contributed by atoms with van der Waals surface area (Å²) in [4.78, 5) is 21.7. The quantitative estimate of drug-likeness (QED) is 0.774. The van der Waals surface area contributed by atoms with Crippen LogP contribution in [-0.2, 0) is 0 Å². The zero-order valence-corrected chi connectivity index (χ0v) is 13.4. The number of aliphatic imine (C=N–C) groups is 1. The average molecular weight is 289 g/mol. The molecule has 2 heterocycles. The Labute approximate surface area is 126 Å². The molecule has 1 aliphatic rings. The predicted octanol–water partition coefficient (Wildman–Crippen LogP) is 3.79. The zero-order valence-electron chi connectivity index (χ0n) is 13.4. The molecule has 114 valence electrons. The van der Waals surface area contributed by atoms with Crippen LogP contribution in [0.25, 0.3) is 0 Å². The van der Waals surface area contributed by atoms with Gasteiger partial charge < -0.3 is 0 Å². The first-order valence-electron chi connectivity index (χ1n) is 7.76. The standard InChI is InChI=1S/C16H25N4O/c1-5-7-14-15(13(3)4)18-12-20(14,10-6-2)16(21)19-9-8-17-11-19/h8-9,11-13H,5-7,10H2,1-4H3/q+1. The van der Waals surface area contributed by atoms with Crippen LogP contribution in [0.4, 0.5) is 4.79 Å². The number of nitrogens with zero attached hydrogens (tertiary/aromatic N) is 4. The van der Waals surface area contributed by atoms with Crippen molar-refractivity contribution < 1.29 is 9.28 Å². The van der Waals surface area contributed by atoms with Gasteiger partial charge in [-0.1, -0.05) is 27.7 Å². The molecule has 0 aliphatic carbocycles. The number of quaternary nitrogens is 1. The molecule has 5 heteroatoms. The second-order valence-corrected chi connectivity index (χ2v) is 5.83. The Morgan fingerprint density at radius 2 is 2.10 bits per heavy atom. The van der Waals surface area contributed by atoms with Gasteiger partial charge in [0.15, 0.2) is 0 Å². The molecule has 5 nitrogen and oxygen atoms in total. The van der Waals surface area contributed by atoms with Gasteiger partial charge in [0, 0.05) is 24.7 Å². The van der Waals surface area contributed by atoms with Crippen LogP contribution in [0, 0.1) is 5.92 Å². The van der Waals surface area contributed by atoms with Crippen LogP contribution in [0.2, 0.25) is 0 Å². The maximum atomic E-state index is 13.0. The van der Waals surface area contributed by atoms with Gasteiger partial charge in [-0.15, -0.1) is 0 Å². The van der Waals surface area contributed by atoms with E-state index in [1.807, 2.05) is 6.34 Å². The third-order valence-electron chi connectivity index (χ3n) is 3.85. The predicted molar refractivity (Wildman–Crippen MR) is 83.7 cm³/mol. The highest BCUT2D eigenvalue weighted by Gasteiger charge is 2.45. The van der Waals surface area contributed by atoms with E-state index in [4.69, 9.17) is 0 Å². The van der Waals surface area contributed by atoms with Crippen molar-refractivity contribution in [2.75, 3.05) is 6.54 Å². The molecule has 0 radical (unpaired) electrons. The Morgan fingerprint density at radius 1 is 1.33 bits per heavy atom. The Balaban J connectivity index is 2.51. The maximum Gasteiger partial charge on any atom is 0.439 e. The van der Waals surface area contributed by atoms with Gasteiger partial charge in [-0.2, -0.15) is 4.48 Å². The molecule has 0 aromatic carbocycles. The number of imidazole rings is 1. The number of carbonyl (C=O) groups excluding carboxylic acids is 1. The minimum Gasteiger partial charge on any atom is -0.245 e. The number of aromatic nitrogens is 2. The van der Waals surface area contributed by atoms with Gasteiger partial charge in [0.1, 0.15) is 17.7 Å². The minimum absolute atomic E-state index is 0.0113. The molecule has 21 heavy (non-hydrogen) atoms. The highest BCUT2D eigenvalue weighted by Crippen LogP contribution is 2.34. The molecule has 1 aromatic heterocycles. The number of carbonyl (C=O) groups is 1. The van der Waals surface area contributed by atoms with Gasteiger partial charge in [0.05, 0.1) is 6.54 Å². The largest absolute Gasteiger partial charge is 0.439 e. The van der Waals surface area contributed by atoms with E-state index in [9.17, 15) is 4.79 Å². The molecule has 2 rings (SSSR count). The molecule has 0 saturated carbocycles. The zero-order chi connectivity index (χ0) is 15.5. The lowest BCUT2D eigenvalue weighted by Gasteiger charge is -2.29. The van der Waals surface area contributed by atoms with E-state index < -0.39 is 0 Å². The van der Waals surface area contributed by atoms with E-state index >= 15 is 0 Å². The third kappa shape index (κ3) is 2.70. The van der Waals surface area contributed by atoms with Crippen molar-refractivity contribution in [3.63, 3.8) is 0 Å². The van der Waals surface area contributed by atoms with E-state index in [0.717, 1.165) is 37.2 Å². The van der Waals surface area contributed by atoms with Crippen molar-refractivity contribution in [2.24, 2.45) is 10.9 Å². The summed E-state index contributed by atoms with van der Waals surface area (Å²) in [6.07, 6.45) is 9.58. The Bertz CT molecular complexity index is 557. The van der Waals surface area contributed by atoms with Crippen LogP contribution >= 0.6 is 0 Å². The van der Waals surface area contributed by atoms with Crippen molar-refractivity contribution in [1.82, 2.24) is 9.55 Å². The van der Waals surface area contributed by atoms with E-state index in [1.54, 1.807) is 23.3 Å². The fourth-order valence-corrected chi connectivity index (χ4v) is 2.94. The average Bonchev–Trinajstić information content (AvgIpc) is 3.08. The fraction of sp³-hybridized carbons (Fsp3) is 0.562. The lowest BCUT2D eigenvalue weighted by Crippen LogP contribution is -2.52. The molecule has 1 amide bonds. The van der Waals surface area contributed by atoms with Crippen LogP contribution in [-0.4, -0.2) is 32.9 Å². The molecule has 0 bridgehead atoms. The highest BCUT2D eigenvalue weighted by molar-refractivity contribution is 5.81. The summed E-state index contributed by atoms with van der Waals surface area (Å²) in [5.74, 6) is 0.329. The molecule has 1 aliphatic heterocycles. The first-order chi connectivity index (χ1) is 10.1. The van der Waals surface area contributed by atoms with Gasteiger partial charge in [-0.3, -0.25) is 0 Å². The summed E-state index contributed by atoms with van der Waals surface area (Å²) >= 11 is 0. The smallest absolute Gasteiger partial charge is 0.245 e. The fourth-order valence-electron chi connectivity index (χ4n) is 2.94. The molecule has 0 spiro atoms. The summed E-state index contributed by atoms with van der Waals surface area (Å²) in [5.41, 5.74) is 2.21. The maximum absolute atomic E-state index is 13.0. The topological polar surface area (TPSA) is 47.2 Å². The molecular weight excluding hydrogens is 264 g/mol. The van der Waals surface area contributed by atoms with E-state index in [1.165, 1.54) is 0 Å². The number of hydrogen-bond donors (Lipinski definition) is 0. The van der Waals surface area contributed by atoms with E-state index in [0.29, 0.717) is 5.92 Å². The Hall–Kier alpha value is -1.75. The van der Waals surface area contributed by atoms with Crippen molar-refractivity contribution in [2.45, 2.75) is 47.0 Å². The van der Waals surface area contributed by atoms with E-state index in [-0.39, 0.29) is 10.5 Å². The number of hydrogen-bond acceptors (Lipinski definition) is 3. The second-order valence-electron chi connectivity index (χ2n) is 5.83. The van der Waals surface area contributed by atoms with Crippen LogP contribution in [0.1, 0.15) is 47.0 Å². The van der Waals surface area contributed by atoms with Crippen molar-refractivity contribution in [3.05, 3.63) is 30.1 Å². The Kier molecular flexibility index (Phi) is 4.73. The van der Waals surface area contributed by atoms with Crippen molar-refractivity contribution in [3.8, 4) is 0 Å². The van der Waals surface area contributed by atoms with Crippen LogP contribution < -0.4 is 0 Å². The second kappa shape index (κ2) is 6.35.